The van der Waals surface area contributed by atoms with Crippen LogP contribution in [0.2, 0.25) is 0 Å². The standard InChI is InChI=1S/C8H17N5O/c1-4-8(2,14-3)7-10-11-12-13(7)6-5-9/h4-6,9H2,1-3H3. The summed E-state index contributed by atoms with van der Waals surface area (Å²) in [5.41, 5.74) is 5.03. The van der Waals surface area contributed by atoms with Crippen LogP contribution in [0, 0.1) is 0 Å². The molecule has 1 rings (SSSR count). The molecule has 0 spiro atoms. The van der Waals surface area contributed by atoms with Gasteiger partial charge in [0.2, 0.25) is 0 Å². The van der Waals surface area contributed by atoms with Gasteiger partial charge in [-0.3, -0.25) is 0 Å². The maximum absolute atomic E-state index is 5.46. The molecule has 0 aliphatic carbocycles. The molecule has 1 aromatic rings. The van der Waals surface area contributed by atoms with Gasteiger partial charge in [0.15, 0.2) is 5.82 Å². The van der Waals surface area contributed by atoms with Crippen molar-refractivity contribution in [3.63, 3.8) is 0 Å². The maximum atomic E-state index is 5.46. The first kappa shape index (κ1) is 11.1. The Morgan fingerprint density at radius 1 is 1.57 bits per heavy atom. The van der Waals surface area contributed by atoms with Crippen LogP contribution in [0.25, 0.3) is 0 Å². The van der Waals surface area contributed by atoms with Gasteiger partial charge in [0.25, 0.3) is 0 Å². The Bertz CT molecular complexity index is 281. The molecule has 1 unspecified atom stereocenters. The van der Waals surface area contributed by atoms with Crippen molar-refractivity contribution >= 4 is 0 Å². The molecule has 6 heteroatoms. The summed E-state index contributed by atoms with van der Waals surface area (Å²) in [5, 5.41) is 11.5. The molecule has 0 saturated carbocycles. The molecule has 0 aliphatic heterocycles. The molecule has 1 heterocycles. The van der Waals surface area contributed by atoms with Crippen molar-refractivity contribution in [3.8, 4) is 0 Å². The van der Waals surface area contributed by atoms with Gasteiger partial charge in [0.1, 0.15) is 5.60 Å². The number of ether oxygens (including phenoxy) is 1. The molecular formula is C8H17N5O. The average molecular weight is 199 g/mol. The summed E-state index contributed by atoms with van der Waals surface area (Å²) in [4.78, 5) is 0. The van der Waals surface area contributed by atoms with Gasteiger partial charge in [-0.25, -0.2) is 4.68 Å². The molecule has 6 nitrogen and oxygen atoms in total. The summed E-state index contributed by atoms with van der Waals surface area (Å²) in [5.74, 6) is 0.730. The Morgan fingerprint density at radius 2 is 2.29 bits per heavy atom. The smallest absolute Gasteiger partial charge is 0.183 e. The largest absolute Gasteiger partial charge is 0.370 e. The van der Waals surface area contributed by atoms with E-state index < -0.39 is 5.60 Å². The summed E-state index contributed by atoms with van der Waals surface area (Å²) in [7, 11) is 1.66. The van der Waals surface area contributed by atoms with Crippen molar-refractivity contribution in [2.24, 2.45) is 5.73 Å². The molecule has 0 bridgehead atoms. The lowest BCUT2D eigenvalue weighted by molar-refractivity contribution is -0.0127. The first-order chi connectivity index (χ1) is 6.68. The number of methoxy groups -OCH3 is 1. The van der Waals surface area contributed by atoms with Gasteiger partial charge in [0.05, 0.1) is 6.54 Å². The minimum atomic E-state index is -0.432. The van der Waals surface area contributed by atoms with Gasteiger partial charge < -0.3 is 10.5 Å². The van der Waals surface area contributed by atoms with Crippen LogP contribution >= 0.6 is 0 Å². The predicted octanol–water partition coefficient (Wildman–Crippen LogP) is -0.0966. The third-order valence-electron chi connectivity index (χ3n) is 2.47. The number of aromatic nitrogens is 4. The van der Waals surface area contributed by atoms with Crippen LogP contribution in [0.15, 0.2) is 0 Å². The highest BCUT2D eigenvalue weighted by atomic mass is 16.5. The van der Waals surface area contributed by atoms with E-state index in [1.54, 1.807) is 11.8 Å². The van der Waals surface area contributed by atoms with Crippen molar-refractivity contribution in [1.82, 2.24) is 20.2 Å². The van der Waals surface area contributed by atoms with Crippen molar-refractivity contribution in [2.75, 3.05) is 13.7 Å². The molecule has 0 aliphatic rings. The lowest BCUT2D eigenvalue weighted by Gasteiger charge is -2.24. The normalized spacial score (nSPS) is 15.4. The van der Waals surface area contributed by atoms with E-state index in [0.717, 1.165) is 12.2 Å². The first-order valence-electron chi connectivity index (χ1n) is 4.69. The maximum Gasteiger partial charge on any atom is 0.183 e. The minimum Gasteiger partial charge on any atom is -0.370 e. The van der Waals surface area contributed by atoms with Crippen LogP contribution < -0.4 is 5.73 Å². The lowest BCUT2D eigenvalue weighted by atomic mass is 10.0. The summed E-state index contributed by atoms with van der Waals surface area (Å²) in [6.45, 7) is 5.12. The Hall–Kier alpha value is -1.01. The molecule has 80 valence electrons. The number of nitrogens with zero attached hydrogens (tertiary/aromatic N) is 4. The zero-order valence-electron chi connectivity index (χ0n) is 8.90. The van der Waals surface area contributed by atoms with E-state index in [-0.39, 0.29) is 0 Å². The highest BCUT2D eigenvalue weighted by Crippen LogP contribution is 2.25. The third kappa shape index (κ3) is 1.91. The Balaban J connectivity index is 2.97. The van der Waals surface area contributed by atoms with E-state index >= 15 is 0 Å². The zero-order chi connectivity index (χ0) is 10.6. The van der Waals surface area contributed by atoms with Gasteiger partial charge in [-0.2, -0.15) is 0 Å². The second-order valence-electron chi connectivity index (χ2n) is 3.30. The fourth-order valence-electron chi connectivity index (χ4n) is 1.25. The van der Waals surface area contributed by atoms with Crippen molar-refractivity contribution in [2.45, 2.75) is 32.4 Å². The van der Waals surface area contributed by atoms with Crippen molar-refractivity contribution in [3.05, 3.63) is 5.82 Å². The predicted molar refractivity (Wildman–Crippen MR) is 51.5 cm³/mol. The van der Waals surface area contributed by atoms with E-state index in [2.05, 4.69) is 15.5 Å². The highest BCUT2D eigenvalue weighted by molar-refractivity contribution is 4.97. The van der Waals surface area contributed by atoms with E-state index in [0.29, 0.717) is 13.1 Å². The number of hydrogen-bond acceptors (Lipinski definition) is 5. The fourth-order valence-corrected chi connectivity index (χ4v) is 1.25. The van der Waals surface area contributed by atoms with Gasteiger partial charge in [-0.1, -0.05) is 6.92 Å². The SMILES string of the molecule is CCC(C)(OC)c1nnnn1CCN. The molecule has 2 N–H and O–H groups in total. The summed E-state index contributed by atoms with van der Waals surface area (Å²) >= 11 is 0. The number of nitrogens with two attached hydrogens (primary N) is 1. The van der Waals surface area contributed by atoms with Crippen LogP contribution in [0.3, 0.4) is 0 Å². The number of tetrazole rings is 1. The molecule has 0 aromatic carbocycles. The van der Waals surface area contributed by atoms with Crippen molar-refractivity contribution < 1.29 is 4.74 Å². The summed E-state index contributed by atoms with van der Waals surface area (Å²) in [6.07, 6.45) is 0.814. The Labute approximate surface area is 83.4 Å². The summed E-state index contributed by atoms with van der Waals surface area (Å²) in [6, 6.07) is 0. The highest BCUT2D eigenvalue weighted by Gasteiger charge is 2.30. The van der Waals surface area contributed by atoms with E-state index in [1.165, 1.54) is 0 Å². The third-order valence-corrected chi connectivity index (χ3v) is 2.47. The van der Waals surface area contributed by atoms with E-state index in [4.69, 9.17) is 10.5 Å². The second kappa shape index (κ2) is 4.47. The van der Waals surface area contributed by atoms with Crippen LogP contribution in [0.4, 0.5) is 0 Å². The molecule has 0 amide bonds. The van der Waals surface area contributed by atoms with Crippen LogP contribution in [-0.4, -0.2) is 33.9 Å². The second-order valence-corrected chi connectivity index (χ2v) is 3.30. The molecule has 0 radical (unpaired) electrons. The van der Waals surface area contributed by atoms with Gasteiger partial charge in [0, 0.05) is 13.7 Å². The molecule has 1 aromatic heterocycles. The van der Waals surface area contributed by atoms with Gasteiger partial charge >= 0.3 is 0 Å². The average Bonchev–Trinajstić information content (AvgIpc) is 2.66. The first-order valence-corrected chi connectivity index (χ1v) is 4.69. The molecule has 0 fully saturated rings. The minimum absolute atomic E-state index is 0.432. The van der Waals surface area contributed by atoms with E-state index in [1.807, 2.05) is 13.8 Å². The van der Waals surface area contributed by atoms with E-state index in [9.17, 15) is 0 Å². The fraction of sp³-hybridized carbons (Fsp3) is 0.875. The topological polar surface area (TPSA) is 78.9 Å². The monoisotopic (exact) mass is 199 g/mol. The Kier molecular flexibility index (Phi) is 3.54. The molecule has 14 heavy (non-hydrogen) atoms. The van der Waals surface area contributed by atoms with Crippen molar-refractivity contribution in [1.29, 1.82) is 0 Å². The lowest BCUT2D eigenvalue weighted by Crippen LogP contribution is -2.29. The van der Waals surface area contributed by atoms with Crippen LogP contribution in [0.5, 0.6) is 0 Å². The quantitative estimate of drug-likeness (QED) is 0.716. The molecular weight excluding hydrogens is 182 g/mol. The number of rotatable bonds is 5. The van der Waals surface area contributed by atoms with Gasteiger partial charge in [-0.15, -0.1) is 5.10 Å². The molecule has 0 saturated heterocycles. The molecule has 1 atom stereocenters. The van der Waals surface area contributed by atoms with Crippen LogP contribution in [-0.2, 0) is 16.9 Å². The van der Waals surface area contributed by atoms with Gasteiger partial charge in [-0.05, 0) is 23.8 Å². The van der Waals surface area contributed by atoms with Crippen LogP contribution in [0.1, 0.15) is 26.1 Å². The Morgan fingerprint density at radius 3 is 2.79 bits per heavy atom. The zero-order valence-corrected chi connectivity index (χ0v) is 8.90. The summed E-state index contributed by atoms with van der Waals surface area (Å²) < 4.78 is 7.10. The number of hydrogen-bond donors (Lipinski definition) is 1.